The first-order valence-corrected chi connectivity index (χ1v) is 13.7. The summed E-state index contributed by atoms with van der Waals surface area (Å²) in [5, 5.41) is 10.8. The van der Waals surface area contributed by atoms with E-state index < -0.39 is 41.7 Å². The maximum absolute atomic E-state index is 11.1. The first kappa shape index (κ1) is 22.7. The van der Waals surface area contributed by atoms with Gasteiger partial charge in [-0.05, 0) is 87.4 Å². The Morgan fingerprint density at radius 2 is 1.94 bits per heavy atom. The molecule has 0 bridgehead atoms. The van der Waals surface area contributed by atoms with E-state index in [4.69, 9.17) is 12.4 Å². The molecule has 3 rings (SSSR count). The minimum Gasteiger partial charge on any atom is -0.726 e. The van der Waals surface area contributed by atoms with Gasteiger partial charge in [0.2, 0.25) is 10.4 Å². The summed E-state index contributed by atoms with van der Waals surface area (Å²) in [7, 11) is -4.77. The van der Waals surface area contributed by atoms with Gasteiger partial charge in [0.05, 0.1) is 11.7 Å². The maximum Gasteiger partial charge on any atom is 1.00 e. The Hall–Kier alpha value is -0.210. The fraction of sp³-hybridized carbons (Fsp3) is 0.714. The van der Waals surface area contributed by atoms with E-state index in [2.05, 4.69) is 26.5 Å². The van der Waals surface area contributed by atoms with Crippen LogP contribution in [0.25, 0.3) is 0 Å². The molecule has 35 heavy (non-hydrogen) atoms. The summed E-state index contributed by atoms with van der Waals surface area (Å²) in [5.74, 6) is -0.390. The summed E-state index contributed by atoms with van der Waals surface area (Å²) in [4.78, 5) is 0. The predicted molar refractivity (Wildman–Crippen MR) is 136 cm³/mol. The number of hydrogen-bond donors (Lipinski definition) is 1. The molecular formula is C28H43NaO5S. The third kappa shape index (κ3) is 7.89. The number of aliphatic hydroxyl groups is 1. The standard InChI is InChI=1S/C28H44O5S.Na/c1-19-10-14-24(33-34(30,31)32)18-23(19)13-12-22-8-7-17-28(6)25(15-16-26(22)28)20(2)9-11-21(3)27(4,5)29;/h9,11-13,20-21,24-26,29H,1,7-8,10,14-18H2,2-6H3,(H,30,31,32);/q;+1/p-1/b11-9+,22-12+,23-13-;/t20-,21+,24+,25-,26+,28-;/m1./s1/i4D3,5D3;. The van der Waals surface area contributed by atoms with Crippen molar-refractivity contribution < 1.29 is 60.0 Å². The van der Waals surface area contributed by atoms with Crippen LogP contribution in [0, 0.1) is 29.1 Å². The second kappa shape index (κ2) is 12.1. The van der Waals surface area contributed by atoms with Crippen molar-refractivity contribution in [3.05, 3.63) is 47.6 Å². The summed E-state index contributed by atoms with van der Waals surface area (Å²) in [6, 6.07) is 0. The molecule has 3 saturated carbocycles. The Bertz CT molecular complexity index is 1150. The van der Waals surface area contributed by atoms with Gasteiger partial charge in [-0.3, -0.25) is 4.18 Å². The first-order chi connectivity index (χ1) is 18.2. The molecule has 3 aliphatic carbocycles. The Morgan fingerprint density at radius 1 is 1.23 bits per heavy atom. The zero-order chi connectivity index (χ0) is 30.3. The fourth-order valence-electron chi connectivity index (χ4n) is 6.39. The van der Waals surface area contributed by atoms with Crippen molar-refractivity contribution in [2.45, 2.75) is 97.5 Å². The third-order valence-corrected chi connectivity index (χ3v) is 8.97. The van der Waals surface area contributed by atoms with Gasteiger partial charge in [-0.2, -0.15) is 0 Å². The molecule has 7 heteroatoms. The number of fused-ring (bicyclic) bond motifs is 1. The third-order valence-electron chi connectivity index (χ3n) is 8.46. The molecule has 0 spiro atoms. The van der Waals surface area contributed by atoms with Gasteiger partial charge < -0.3 is 9.66 Å². The SMILES string of the molecule is [2H]C([2H])([2H])C(O)([C@@H](C)/C=C/[C@@H](C)[C@H]1CC[C@H]2/C(=C/C=C3/C[C@@H](OS(=O)(=O)[O-])CCC3=C)CCC[C@]12C)C([2H])([2H])[2H].[Na+]. The summed E-state index contributed by atoms with van der Waals surface area (Å²) >= 11 is 0. The molecule has 0 aliphatic heterocycles. The van der Waals surface area contributed by atoms with E-state index in [0.717, 1.165) is 43.3 Å². The van der Waals surface area contributed by atoms with Gasteiger partial charge in [0.25, 0.3) is 0 Å². The molecular weight excluding hydrogens is 471 g/mol. The smallest absolute Gasteiger partial charge is 0.726 e. The van der Waals surface area contributed by atoms with E-state index in [-0.39, 0.29) is 40.9 Å². The summed E-state index contributed by atoms with van der Waals surface area (Å²) < 4.78 is 84.1. The van der Waals surface area contributed by atoms with E-state index in [1.807, 2.05) is 12.2 Å². The Kier molecular flexibility index (Phi) is 7.86. The molecule has 3 aliphatic rings. The fourth-order valence-corrected chi connectivity index (χ4v) is 6.89. The second-order valence-electron chi connectivity index (χ2n) is 10.8. The Morgan fingerprint density at radius 3 is 2.60 bits per heavy atom. The molecule has 0 saturated heterocycles. The zero-order valence-corrected chi connectivity index (χ0v) is 24.4. The average molecular weight is 521 g/mol. The van der Waals surface area contributed by atoms with Crippen LogP contribution in [0.5, 0.6) is 0 Å². The number of allylic oxidation sites excluding steroid dienone is 5. The molecule has 0 heterocycles. The zero-order valence-electron chi connectivity index (χ0n) is 27.5. The van der Waals surface area contributed by atoms with Crippen LogP contribution in [-0.2, 0) is 14.6 Å². The molecule has 0 aromatic carbocycles. The van der Waals surface area contributed by atoms with Crippen LogP contribution < -0.4 is 29.6 Å². The second-order valence-corrected chi connectivity index (χ2v) is 11.8. The van der Waals surface area contributed by atoms with Crippen molar-refractivity contribution in [2.24, 2.45) is 29.1 Å². The number of rotatable bonds is 7. The molecule has 0 aromatic rings. The Labute approximate surface area is 243 Å². The molecule has 0 aromatic heterocycles. The monoisotopic (exact) mass is 520 g/mol. The number of hydrogen-bond acceptors (Lipinski definition) is 5. The maximum atomic E-state index is 11.1. The van der Waals surface area contributed by atoms with Gasteiger partial charge in [0.15, 0.2) is 0 Å². The largest absolute Gasteiger partial charge is 1.00 e. The van der Waals surface area contributed by atoms with Crippen molar-refractivity contribution in [1.29, 1.82) is 0 Å². The van der Waals surface area contributed by atoms with Crippen LogP contribution in [0.3, 0.4) is 0 Å². The van der Waals surface area contributed by atoms with Gasteiger partial charge in [-0.25, -0.2) is 8.42 Å². The van der Waals surface area contributed by atoms with Crippen LogP contribution in [0.1, 0.15) is 94.1 Å². The van der Waals surface area contributed by atoms with Crippen LogP contribution in [0.15, 0.2) is 47.6 Å². The Balaban J connectivity index is 0.00000588. The minimum atomic E-state index is -4.77. The van der Waals surface area contributed by atoms with Crippen molar-refractivity contribution >= 4 is 10.4 Å². The van der Waals surface area contributed by atoms with E-state index in [0.29, 0.717) is 31.1 Å². The molecule has 6 atom stereocenters. The molecule has 192 valence electrons. The van der Waals surface area contributed by atoms with Gasteiger partial charge in [0, 0.05) is 20.6 Å². The first-order valence-electron chi connectivity index (χ1n) is 15.3. The van der Waals surface area contributed by atoms with Gasteiger partial charge in [-0.1, -0.05) is 62.8 Å². The van der Waals surface area contributed by atoms with E-state index in [1.165, 1.54) is 12.5 Å². The summed E-state index contributed by atoms with van der Waals surface area (Å²) in [5.41, 5.74) is 0.323. The topological polar surface area (TPSA) is 86.7 Å². The van der Waals surface area contributed by atoms with Crippen LogP contribution in [-0.4, -0.2) is 29.8 Å². The van der Waals surface area contributed by atoms with Crippen LogP contribution in [0.4, 0.5) is 0 Å². The quantitative estimate of drug-likeness (QED) is 0.241. The molecule has 0 radical (unpaired) electrons. The van der Waals surface area contributed by atoms with Crippen molar-refractivity contribution in [1.82, 2.24) is 0 Å². The van der Waals surface area contributed by atoms with Gasteiger partial charge in [0.1, 0.15) is 0 Å². The average Bonchev–Trinajstić information content (AvgIpc) is 3.17. The molecule has 3 fully saturated rings. The van der Waals surface area contributed by atoms with E-state index >= 15 is 0 Å². The van der Waals surface area contributed by atoms with Gasteiger partial charge >= 0.3 is 29.6 Å². The van der Waals surface area contributed by atoms with Crippen molar-refractivity contribution in [2.75, 3.05) is 0 Å². The van der Waals surface area contributed by atoms with E-state index in [1.54, 1.807) is 6.08 Å². The minimum absolute atomic E-state index is 0. The van der Waals surface area contributed by atoms with Crippen LogP contribution >= 0.6 is 0 Å². The molecule has 1 N–H and O–H groups in total. The van der Waals surface area contributed by atoms with Crippen molar-refractivity contribution in [3.8, 4) is 0 Å². The predicted octanol–water partition coefficient (Wildman–Crippen LogP) is 3.24. The summed E-state index contributed by atoms with van der Waals surface area (Å²) in [6.45, 7) is 3.80. The van der Waals surface area contributed by atoms with Crippen molar-refractivity contribution in [3.63, 3.8) is 0 Å². The molecule has 5 nitrogen and oxygen atoms in total. The normalized spacial score (nSPS) is 37.4. The molecule has 0 amide bonds. The summed E-state index contributed by atoms with van der Waals surface area (Å²) in [6.07, 6.45) is 13.2. The van der Waals surface area contributed by atoms with E-state index in [9.17, 15) is 18.1 Å². The molecule has 0 unspecified atom stereocenters. The van der Waals surface area contributed by atoms with Crippen LogP contribution in [0.2, 0.25) is 0 Å². The van der Waals surface area contributed by atoms with Gasteiger partial charge in [-0.15, -0.1) is 0 Å².